The topological polar surface area (TPSA) is 63.3 Å². The predicted molar refractivity (Wildman–Crippen MR) is 92.2 cm³/mol. The van der Waals surface area contributed by atoms with Crippen LogP contribution < -0.4 is 19.5 Å². The zero-order valence-electron chi connectivity index (χ0n) is 14.4. The van der Waals surface area contributed by atoms with Gasteiger partial charge in [-0.25, -0.2) is 4.79 Å². The van der Waals surface area contributed by atoms with Gasteiger partial charge >= 0.3 is 6.03 Å². The van der Waals surface area contributed by atoms with E-state index >= 15 is 0 Å². The largest absolute Gasteiger partial charge is 0.493 e. The molecule has 1 aromatic rings. The quantitative estimate of drug-likeness (QED) is 0.793. The molecule has 0 bridgehead atoms. The number of benzene rings is 1. The van der Waals surface area contributed by atoms with E-state index in [0.29, 0.717) is 12.6 Å². The summed E-state index contributed by atoms with van der Waals surface area (Å²) in [5.74, 6) is 2.34. The van der Waals surface area contributed by atoms with Gasteiger partial charge < -0.3 is 29.3 Å². The Balaban J connectivity index is 1.20. The average Bonchev–Trinajstić information content (AvgIpc) is 3.27. The highest BCUT2D eigenvalue weighted by molar-refractivity contribution is 5.76. The van der Waals surface area contributed by atoms with E-state index in [1.54, 1.807) is 0 Å². The molecule has 25 heavy (non-hydrogen) atoms. The Morgan fingerprint density at radius 1 is 1.24 bits per heavy atom. The number of rotatable bonds is 6. The Bertz CT molecular complexity index is 624. The molecule has 2 fully saturated rings. The van der Waals surface area contributed by atoms with Crippen LogP contribution in [0.2, 0.25) is 0 Å². The third-order valence-corrected chi connectivity index (χ3v) is 5.04. The summed E-state index contributed by atoms with van der Waals surface area (Å²) in [7, 11) is 0. The molecular formula is C18H25N3O4. The van der Waals surface area contributed by atoms with Crippen LogP contribution in [-0.4, -0.2) is 68.0 Å². The van der Waals surface area contributed by atoms with E-state index in [2.05, 4.69) is 10.2 Å². The van der Waals surface area contributed by atoms with Crippen molar-refractivity contribution in [3.8, 4) is 17.2 Å². The molecule has 136 valence electrons. The lowest BCUT2D eigenvalue weighted by atomic mass is 10.0. The van der Waals surface area contributed by atoms with E-state index in [1.807, 2.05) is 23.1 Å². The van der Waals surface area contributed by atoms with Gasteiger partial charge in [0.15, 0.2) is 11.5 Å². The molecule has 3 aliphatic rings. The Morgan fingerprint density at radius 2 is 2.16 bits per heavy atom. The van der Waals surface area contributed by atoms with Gasteiger partial charge in [0.05, 0.1) is 6.61 Å². The molecule has 7 nitrogen and oxygen atoms in total. The lowest BCUT2D eigenvalue weighted by Gasteiger charge is -2.37. The predicted octanol–water partition coefficient (Wildman–Crippen LogP) is 1.67. The second-order valence-electron chi connectivity index (χ2n) is 6.74. The van der Waals surface area contributed by atoms with Crippen LogP contribution in [0, 0.1) is 0 Å². The van der Waals surface area contributed by atoms with E-state index in [4.69, 9.17) is 14.2 Å². The van der Waals surface area contributed by atoms with Crippen LogP contribution in [0.3, 0.4) is 0 Å². The summed E-state index contributed by atoms with van der Waals surface area (Å²) in [4.78, 5) is 16.3. The number of carbonyl (C=O) groups excluding carboxylic acids is 1. The molecule has 3 heterocycles. The number of hydrogen-bond donors (Lipinski definition) is 1. The number of ether oxygens (including phenoxy) is 3. The van der Waals surface area contributed by atoms with Crippen molar-refractivity contribution in [3.05, 3.63) is 18.2 Å². The van der Waals surface area contributed by atoms with Gasteiger partial charge in [-0.05, 0) is 37.9 Å². The van der Waals surface area contributed by atoms with Crippen molar-refractivity contribution in [2.75, 3.05) is 46.1 Å². The zero-order chi connectivity index (χ0) is 17.1. The SMILES string of the molecule is O=C1NCCN1C1CCCN(CCCOc2ccc3c(c2)OCO3)C1. The molecule has 1 N–H and O–H groups in total. The minimum Gasteiger partial charge on any atom is -0.493 e. The van der Waals surface area contributed by atoms with E-state index in [1.165, 1.54) is 0 Å². The first-order chi connectivity index (χ1) is 12.3. The van der Waals surface area contributed by atoms with Crippen LogP contribution in [0.4, 0.5) is 4.79 Å². The van der Waals surface area contributed by atoms with Crippen molar-refractivity contribution >= 4 is 6.03 Å². The van der Waals surface area contributed by atoms with Crippen LogP contribution in [0.15, 0.2) is 18.2 Å². The summed E-state index contributed by atoms with van der Waals surface area (Å²) in [6.07, 6.45) is 3.22. The normalized spacial score (nSPS) is 23.0. The van der Waals surface area contributed by atoms with Crippen LogP contribution in [-0.2, 0) is 0 Å². The van der Waals surface area contributed by atoms with Crippen molar-refractivity contribution in [3.63, 3.8) is 0 Å². The number of nitrogens with zero attached hydrogens (tertiary/aromatic N) is 2. The highest BCUT2D eigenvalue weighted by Gasteiger charge is 2.30. The number of nitrogens with one attached hydrogen (secondary N) is 1. The fourth-order valence-electron chi connectivity index (χ4n) is 3.77. The molecule has 0 aliphatic carbocycles. The fourth-order valence-corrected chi connectivity index (χ4v) is 3.77. The van der Waals surface area contributed by atoms with E-state index in [-0.39, 0.29) is 12.8 Å². The maximum atomic E-state index is 11.8. The van der Waals surface area contributed by atoms with Crippen molar-refractivity contribution in [2.45, 2.75) is 25.3 Å². The lowest BCUT2D eigenvalue weighted by Crippen LogP contribution is -2.49. The van der Waals surface area contributed by atoms with Crippen LogP contribution in [0.25, 0.3) is 0 Å². The van der Waals surface area contributed by atoms with Gasteiger partial charge in [-0.2, -0.15) is 0 Å². The number of likely N-dealkylation sites (tertiary alicyclic amines) is 1. The van der Waals surface area contributed by atoms with Crippen LogP contribution >= 0.6 is 0 Å². The third-order valence-electron chi connectivity index (χ3n) is 5.04. The minimum absolute atomic E-state index is 0.0954. The molecule has 3 aliphatic heterocycles. The molecular weight excluding hydrogens is 322 g/mol. The standard InChI is InChI=1S/C18H25N3O4/c22-18-19-6-9-21(18)14-3-1-7-20(12-14)8-2-10-23-15-4-5-16-17(11-15)25-13-24-16/h4-5,11,14H,1-3,6-10,12-13H2,(H,19,22). The van der Waals surface area contributed by atoms with Gasteiger partial charge in [-0.3, -0.25) is 0 Å². The lowest BCUT2D eigenvalue weighted by molar-refractivity contribution is 0.121. The fraction of sp³-hybridized carbons (Fsp3) is 0.611. The summed E-state index contributed by atoms with van der Waals surface area (Å²) in [5, 5.41) is 2.90. The molecule has 1 unspecified atom stereocenters. The summed E-state index contributed by atoms with van der Waals surface area (Å²) < 4.78 is 16.5. The maximum absolute atomic E-state index is 11.8. The molecule has 2 saturated heterocycles. The molecule has 1 atom stereocenters. The minimum atomic E-state index is 0.0954. The average molecular weight is 347 g/mol. The number of hydrogen-bond acceptors (Lipinski definition) is 5. The third kappa shape index (κ3) is 3.76. The number of fused-ring (bicyclic) bond motifs is 1. The second kappa shape index (κ2) is 7.39. The van der Waals surface area contributed by atoms with Gasteiger partial charge in [-0.15, -0.1) is 0 Å². The molecule has 2 amide bonds. The Kier molecular flexibility index (Phi) is 4.83. The Morgan fingerprint density at radius 3 is 3.04 bits per heavy atom. The molecule has 0 saturated carbocycles. The first-order valence-corrected chi connectivity index (χ1v) is 9.09. The van der Waals surface area contributed by atoms with Crippen molar-refractivity contribution in [2.24, 2.45) is 0 Å². The number of urea groups is 1. The van der Waals surface area contributed by atoms with Gasteiger partial charge in [0, 0.05) is 38.3 Å². The first kappa shape index (κ1) is 16.3. The Hall–Kier alpha value is -2.15. The van der Waals surface area contributed by atoms with E-state index in [0.717, 1.165) is 69.2 Å². The van der Waals surface area contributed by atoms with Crippen LogP contribution in [0.1, 0.15) is 19.3 Å². The summed E-state index contributed by atoms with van der Waals surface area (Å²) in [6, 6.07) is 6.12. The summed E-state index contributed by atoms with van der Waals surface area (Å²) >= 11 is 0. The second-order valence-corrected chi connectivity index (χ2v) is 6.74. The molecule has 4 rings (SSSR count). The van der Waals surface area contributed by atoms with Crippen molar-refractivity contribution < 1.29 is 19.0 Å². The molecule has 0 radical (unpaired) electrons. The van der Waals surface area contributed by atoms with Gasteiger partial charge in [-0.1, -0.05) is 0 Å². The van der Waals surface area contributed by atoms with E-state index in [9.17, 15) is 4.79 Å². The molecule has 7 heteroatoms. The Labute approximate surface area is 147 Å². The van der Waals surface area contributed by atoms with Gasteiger partial charge in [0.25, 0.3) is 0 Å². The van der Waals surface area contributed by atoms with Crippen LogP contribution in [0.5, 0.6) is 17.2 Å². The van der Waals surface area contributed by atoms with Crippen molar-refractivity contribution in [1.29, 1.82) is 0 Å². The van der Waals surface area contributed by atoms with Gasteiger partial charge in [0.2, 0.25) is 6.79 Å². The number of piperidine rings is 1. The zero-order valence-corrected chi connectivity index (χ0v) is 14.4. The first-order valence-electron chi connectivity index (χ1n) is 9.09. The highest BCUT2D eigenvalue weighted by atomic mass is 16.7. The number of amides is 2. The van der Waals surface area contributed by atoms with Crippen molar-refractivity contribution in [1.82, 2.24) is 15.1 Å². The summed E-state index contributed by atoms with van der Waals surface area (Å²) in [6.45, 7) is 5.64. The van der Waals surface area contributed by atoms with E-state index < -0.39 is 0 Å². The monoisotopic (exact) mass is 347 g/mol. The highest BCUT2D eigenvalue weighted by Crippen LogP contribution is 2.35. The maximum Gasteiger partial charge on any atom is 0.317 e. The molecule has 0 spiro atoms. The molecule has 0 aromatic heterocycles. The summed E-state index contributed by atoms with van der Waals surface area (Å²) in [5.41, 5.74) is 0. The smallest absolute Gasteiger partial charge is 0.317 e. The number of carbonyl (C=O) groups is 1. The molecule has 1 aromatic carbocycles. The van der Waals surface area contributed by atoms with Gasteiger partial charge in [0.1, 0.15) is 5.75 Å².